The van der Waals surface area contributed by atoms with E-state index in [1.807, 2.05) is 13.8 Å². The fourth-order valence-electron chi connectivity index (χ4n) is 3.64. The SMILES string of the molecule is CC(C)c1ccc(S(=O)(=O)c2ccc(F)cc2)cc1S(=O)(=O)NC1CCCCC1. The lowest BCUT2D eigenvalue weighted by Gasteiger charge is -2.24. The minimum absolute atomic E-state index is 0.0127. The van der Waals surface area contributed by atoms with Gasteiger partial charge >= 0.3 is 0 Å². The molecule has 0 spiro atoms. The molecule has 0 heterocycles. The van der Waals surface area contributed by atoms with E-state index in [1.54, 1.807) is 6.07 Å². The molecular weight excluding hydrogens is 413 g/mol. The number of nitrogens with one attached hydrogen (secondary N) is 1. The van der Waals surface area contributed by atoms with Gasteiger partial charge in [-0.05, 0) is 60.7 Å². The molecule has 0 saturated heterocycles. The third-order valence-corrected chi connectivity index (χ3v) is 8.60. The third kappa shape index (κ3) is 4.87. The zero-order valence-corrected chi connectivity index (χ0v) is 18.2. The molecule has 2 aromatic carbocycles. The highest BCUT2D eigenvalue weighted by atomic mass is 32.2. The summed E-state index contributed by atoms with van der Waals surface area (Å²) < 4.78 is 68.1. The average Bonchev–Trinajstić information content (AvgIpc) is 2.68. The standard InChI is InChI=1S/C21H26FNO4S2/c1-15(2)20-13-12-19(28(24,25)18-10-8-16(22)9-11-18)14-21(20)29(26,27)23-17-6-4-3-5-7-17/h8-15,17,23H,3-7H2,1-2H3. The second kappa shape index (κ2) is 8.53. The van der Waals surface area contributed by atoms with Crippen molar-refractivity contribution < 1.29 is 21.2 Å². The molecule has 8 heteroatoms. The number of hydrogen-bond acceptors (Lipinski definition) is 4. The average molecular weight is 440 g/mol. The lowest BCUT2D eigenvalue weighted by molar-refractivity contribution is 0.412. The summed E-state index contributed by atoms with van der Waals surface area (Å²) in [4.78, 5) is -0.224. The molecule has 0 aromatic heterocycles. The van der Waals surface area contributed by atoms with Crippen LogP contribution in [-0.4, -0.2) is 22.9 Å². The highest BCUT2D eigenvalue weighted by Gasteiger charge is 2.28. The van der Waals surface area contributed by atoms with Crippen LogP contribution < -0.4 is 4.72 Å². The van der Waals surface area contributed by atoms with Crippen LogP contribution in [0.4, 0.5) is 4.39 Å². The number of halogens is 1. The summed E-state index contributed by atoms with van der Waals surface area (Å²) in [6, 6.07) is 8.54. The first-order valence-corrected chi connectivity index (χ1v) is 12.7. The van der Waals surface area contributed by atoms with Gasteiger partial charge in [-0.15, -0.1) is 0 Å². The Morgan fingerprint density at radius 3 is 2.07 bits per heavy atom. The molecule has 1 N–H and O–H groups in total. The summed E-state index contributed by atoms with van der Waals surface area (Å²) >= 11 is 0. The fourth-order valence-corrected chi connectivity index (χ4v) is 6.70. The van der Waals surface area contributed by atoms with Crippen LogP contribution in [0, 0.1) is 5.82 Å². The summed E-state index contributed by atoms with van der Waals surface area (Å²) in [6.45, 7) is 3.73. The van der Waals surface area contributed by atoms with Crippen molar-refractivity contribution in [3.05, 3.63) is 53.8 Å². The molecule has 0 aliphatic heterocycles. The summed E-state index contributed by atoms with van der Waals surface area (Å²) in [6.07, 6.45) is 4.61. The lowest BCUT2D eigenvalue weighted by atomic mass is 9.96. The van der Waals surface area contributed by atoms with Crippen LogP contribution in [0.2, 0.25) is 0 Å². The molecule has 2 aromatic rings. The van der Waals surface area contributed by atoms with Gasteiger partial charge in [0.05, 0.1) is 14.7 Å². The maximum absolute atomic E-state index is 13.2. The largest absolute Gasteiger partial charge is 0.241 e. The molecule has 3 rings (SSSR count). The maximum atomic E-state index is 13.2. The van der Waals surface area contributed by atoms with Crippen molar-refractivity contribution in [2.75, 3.05) is 0 Å². The van der Waals surface area contributed by atoms with E-state index in [0.29, 0.717) is 5.56 Å². The lowest BCUT2D eigenvalue weighted by Crippen LogP contribution is -2.36. The maximum Gasteiger partial charge on any atom is 0.241 e. The van der Waals surface area contributed by atoms with Crippen LogP contribution in [0.25, 0.3) is 0 Å². The molecule has 29 heavy (non-hydrogen) atoms. The van der Waals surface area contributed by atoms with Gasteiger partial charge in [0, 0.05) is 6.04 Å². The Labute approximate surface area is 172 Å². The van der Waals surface area contributed by atoms with Crippen LogP contribution in [0.1, 0.15) is 57.4 Å². The van der Waals surface area contributed by atoms with Crippen molar-refractivity contribution in [2.24, 2.45) is 0 Å². The van der Waals surface area contributed by atoms with Gasteiger partial charge in [0.15, 0.2) is 0 Å². The Balaban J connectivity index is 2.05. The van der Waals surface area contributed by atoms with Gasteiger partial charge in [0.25, 0.3) is 0 Å². The van der Waals surface area contributed by atoms with E-state index in [4.69, 9.17) is 0 Å². The Hall–Kier alpha value is -1.77. The van der Waals surface area contributed by atoms with E-state index in [-0.39, 0.29) is 26.6 Å². The van der Waals surface area contributed by atoms with Crippen LogP contribution >= 0.6 is 0 Å². The summed E-state index contributed by atoms with van der Waals surface area (Å²) in [5.74, 6) is -0.644. The Morgan fingerprint density at radius 1 is 0.897 bits per heavy atom. The van der Waals surface area contributed by atoms with Gasteiger partial charge in [-0.25, -0.2) is 25.9 Å². The van der Waals surface area contributed by atoms with Gasteiger partial charge in [-0.3, -0.25) is 0 Å². The summed E-state index contributed by atoms with van der Waals surface area (Å²) in [7, 11) is -7.85. The van der Waals surface area contributed by atoms with E-state index in [0.717, 1.165) is 44.2 Å². The Kier molecular flexibility index (Phi) is 6.45. The number of sulfone groups is 1. The molecule has 1 saturated carbocycles. The Bertz CT molecular complexity index is 1070. The van der Waals surface area contributed by atoms with Crippen molar-refractivity contribution in [3.63, 3.8) is 0 Å². The van der Waals surface area contributed by atoms with E-state index in [2.05, 4.69) is 4.72 Å². The number of benzene rings is 2. The molecule has 0 bridgehead atoms. The van der Waals surface area contributed by atoms with Gasteiger partial charge in [0.2, 0.25) is 19.9 Å². The number of rotatable bonds is 6. The Morgan fingerprint density at radius 2 is 1.48 bits per heavy atom. The molecule has 0 atom stereocenters. The van der Waals surface area contributed by atoms with Crippen molar-refractivity contribution in [1.29, 1.82) is 0 Å². The van der Waals surface area contributed by atoms with Gasteiger partial charge < -0.3 is 0 Å². The molecular formula is C21H26FNO4S2. The molecule has 0 unspecified atom stereocenters. The first-order chi connectivity index (χ1) is 13.6. The van der Waals surface area contributed by atoms with Crippen LogP contribution in [0.3, 0.4) is 0 Å². The number of hydrogen-bond donors (Lipinski definition) is 1. The van der Waals surface area contributed by atoms with Crippen LogP contribution in [0.5, 0.6) is 0 Å². The molecule has 1 aliphatic carbocycles. The minimum atomic E-state index is -3.97. The third-order valence-electron chi connectivity index (χ3n) is 5.26. The second-order valence-corrected chi connectivity index (χ2v) is 11.4. The summed E-state index contributed by atoms with van der Waals surface area (Å²) in [5.41, 5.74) is 0.561. The highest BCUT2D eigenvalue weighted by Crippen LogP contribution is 2.30. The van der Waals surface area contributed by atoms with Crippen LogP contribution in [-0.2, 0) is 19.9 Å². The minimum Gasteiger partial charge on any atom is -0.219 e. The van der Waals surface area contributed by atoms with E-state index in [1.165, 1.54) is 24.3 Å². The zero-order valence-electron chi connectivity index (χ0n) is 16.6. The summed E-state index contributed by atoms with van der Waals surface area (Å²) in [5, 5.41) is 0. The predicted molar refractivity (Wildman–Crippen MR) is 110 cm³/mol. The molecule has 158 valence electrons. The van der Waals surface area contributed by atoms with Gasteiger partial charge in [-0.1, -0.05) is 39.2 Å². The predicted octanol–water partition coefficient (Wildman–Crippen LogP) is 4.39. The number of sulfonamides is 1. The van der Waals surface area contributed by atoms with E-state index >= 15 is 0 Å². The van der Waals surface area contributed by atoms with Gasteiger partial charge in [-0.2, -0.15) is 0 Å². The molecule has 0 radical (unpaired) electrons. The highest BCUT2D eigenvalue weighted by molar-refractivity contribution is 7.91. The zero-order chi connectivity index (χ0) is 21.2. The topological polar surface area (TPSA) is 80.3 Å². The molecule has 0 amide bonds. The molecule has 1 fully saturated rings. The van der Waals surface area contributed by atoms with Crippen molar-refractivity contribution in [3.8, 4) is 0 Å². The van der Waals surface area contributed by atoms with Crippen LogP contribution in [0.15, 0.2) is 57.2 Å². The van der Waals surface area contributed by atoms with E-state index in [9.17, 15) is 21.2 Å². The van der Waals surface area contributed by atoms with Gasteiger partial charge in [0.1, 0.15) is 5.82 Å². The fraction of sp³-hybridized carbons (Fsp3) is 0.429. The molecule has 1 aliphatic rings. The van der Waals surface area contributed by atoms with Crippen molar-refractivity contribution in [2.45, 2.75) is 72.6 Å². The van der Waals surface area contributed by atoms with E-state index < -0.39 is 25.7 Å². The van der Waals surface area contributed by atoms with Crippen molar-refractivity contribution in [1.82, 2.24) is 4.72 Å². The monoisotopic (exact) mass is 439 g/mol. The quantitative estimate of drug-likeness (QED) is 0.677. The normalized spacial score (nSPS) is 16.3. The smallest absolute Gasteiger partial charge is 0.219 e. The first kappa shape index (κ1) is 21.9. The second-order valence-electron chi connectivity index (χ2n) is 7.77. The van der Waals surface area contributed by atoms with Crippen molar-refractivity contribution >= 4 is 19.9 Å². The first-order valence-electron chi connectivity index (χ1n) is 9.78. The molecule has 5 nitrogen and oxygen atoms in total.